The predicted octanol–water partition coefficient (Wildman–Crippen LogP) is 3.00. The van der Waals surface area contributed by atoms with Crippen molar-refractivity contribution in [2.24, 2.45) is 0 Å². The van der Waals surface area contributed by atoms with Gasteiger partial charge >= 0.3 is 0 Å². The first-order valence-corrected chi connectivity index (χ1v) is 11.5. The molecule has 154 valence electrons. The van der Waals surface area contributed by atoms with E-state index in [4.69, 9.17) is 9.47 Å². The lowest BCUT2D eigenvalue weighted by Gasteiger charge is -2.37. The molecule has 30 heavy (non-hydrogen) atoms. The van der Waals surface area contributed by atoms with Gasteiger partial charge in [-0.15, -0.1) is 11.3 Å². The minimum atomic E-state index is -0.658. The number of amides is 2. The highest BCUT2D eigenvalue weighted by Crippen LogP contribution is 2.31. The lowest BCUT2D eigenvalue weighted by molar-refractivity contribution is -0.142. The maximum absolute atomic E-state index is 12.9. The van der Waals surface area contributed by atoms with Gasteiger partial charge in [-0.25, -0.2) is 4.98 Å². The minimum Gasteiger partial charge on any atom is -0.485 e. The number of piperazine rings is 1. The van der Waals surface area contributed by atoms with Gasteiger partial charge in [-0.1, -0.05) is 12.1 Å². The third-order valence-corrected chi connectivity index (χ3v) is 6.73. The smallest absolute Gasteiger partial charge is 0.273 e. The molecule has 1 aromatic carbocycles. The molecule has 0 bridgehead atoms. The van der Waals surface area contributed by atoms with Gasteiger partial charge in [-0.3, -0.25) is 9.59 Å². The molecule has 0 N–H and O–H groups in total. The van der Waals surface area contributed by atoms with E-state index in [1.54, 1.807) is 32.6 Å². The van der Waals surface area contributed by atoms with Crippen LogP contribution in [0.3, 0.4) is 0 Å². The first-order valence-electron chi connectivity index (χ1n) is 9.64. The summed E-state index contributed by atoms with van der Waals surface area (Å²) < 4.78 is 11.5. The third-order valence-electron chi connectivity index (χ3n) is 5.15. The van der Waals surface area contributed by atoms with E-state index in [0.717, 1.165) is 10.6 Å². The highest BCUT2D eigenvalue weighted by Gasteiger charge is 2.33. The number of rotatable bonds is 3. The first-order chi connectivity index (χ1) is 14.7. The zero-order chi connectivity index (χ0) is 20.5. The Morgan fingerprint density at radius 2 is 1.77 bits per heavy atom. The zero-order valence-electron chi connectivity index (χ0n) is 16.0. The lowest BCUT2D eigenvalue weighted by Crippen LogP contribution is -2.55. The van der Waals surface area contributed by atoms with Gasteiger partial charge in [-0.05, 0) is 23.6 Å². The van der Waals surface area contributed by atoms with E-state index in [1.807, 2.05) is 35.0 Å². The van der Waals surface area contributed by atoms with E-state index in [2.05, 4.69) is 4.98 Å². The molecule has 3 aromatic rings. The summed E-state index contributed by atoms with van der Waals surface area (Å²) in [5, 5.41) is 6.67. The Hall–Kier alpha value is -2.91. The summed E-state index contributed by atoms with van der Waals surface area (Å²) in [5.74, 6) is 1.04. The average molecular weight is 442 g/mol. The van der Waals surface area contributed by atoms with Crippen molar-refractivity contribution in [3.05, 3.63) is 52.2 Å². The topological polar surface area (TPSA) is 72.0 Å². The Bertz CT molecular complexity index is 1060. The maximum atomic E-state index is 12.9. The van der Waals surface area contributed by atoms with Crippen molar-refractivity contribution in [1.82, 2.24) is 14.8 Å². The molecule has 0 aliphatic carbocycles. The van der Waals surface area contributed by atoms with E-state index >= 15 is 0 Å². The van der Waals surface area contributed by atoms with Crippen LogP contribution in [0.4, 0.5) is 0 Å². The molecule has 0 saturated carbocycles. The summed E-state index contributed by atoms with van der Waals surface area (Å²) in [4.78, 5) is 33.7. The van der Waals surface area contributed by atoms with Crippen LogP contribution in [-0.4, -0.2) is 65.5 Å². The second-order valence-electron chi connectivity index (χ2n) is 7.03. The summed E-state index contributed by atoms with van der Waals surface area (Å²) in [6, 6.07) is 9.33. The number of thiophene rings is 1. The minimum absolute atomic E-state index is 0.0917. The second-order valence-corrected chi connectivity index (χ2v) is 8.67. The molecule has 1 atom stereocenters. The molecule has 0 radical (unpaired) electrons. The summed E-state index contributed by atoms with van der Waals surface area (Å²) in [6.07, 6.45) is -0.658. The van der Waals surface area contributed by atoms with Crippen LogP contribution in [0.1, 0.15) is 10.5 Å². The molecular weight excluding hydrogens is 422 g/mol. The number of nitrogens with zero attached hydrogens (tertiary/aromatic N) is 3. The molecular formula is C21H19N3O4S2. The van der Waals surface area contributed by atoms with E-state index < -0.39 is 6.10 Å². The third kappa shape index (κ3) is 3.66. The molecule has 7 nitrogen and oxygen atoms in total. The van der Waals surface area contributed by atoms with Crippen molar-refractivity contribution in [3.63, 3.8) is 0 Å². The first kappa shape index (κ1) is 19.1. The second kappa shape index (κ2) is 8.08. The molecule has 4 heterocycles. The number of fused-ring (bicyclic) bond motifs is 1. The van der Waals surface area contributed by atoms with Gasteiger partial charge in [0, 0.05) is 42.5 Å². The van der Waals surface area contributed by atoms with Gasteiger partial charge in [0.1, 0.15) is 17.3 Å². The number of thiazole rings is 1. The van der Waals surface area contributed by atoms with Crippen LogP contribution < -0.4 is 9.47 Å². The summed E-state index contributed by atoms with van der Waals surface area (Å²) in [7, 11) is 0. The fraction of sp³-hybridized carbons (Fsp3) is 0.286. The monoisotopic (exact) mass is 441 g/mol. The molecule has 0 unspecified atom stereocenters. The van der Waals surface area contributed by atoms with E-state index in [0.29, 0.717) is 43.4 Å². The predicted molar refractivity (Wildman–Crippen MR) is 114 cm³/mol. The Morgan fingerprint density at radius 1 is 1.00 bits per heavy atom. The molecule has 9 heteroatoms. The quantitative estimate of drug-likeness (QED) is 0.625. The number of hydrogen-bond acceptors (Lipinski definition) is 7. The van der Waals surface area contributed by atoms with Gasteiger partial charge < -0.3 is 19.3 Å². The Balaban J connectivity index is 1.18. The van der Waals surface area contributed by atoms with E-state index in [1.165, 1.54) is 11.3 Å². The molecule has 5 rings (SSSR count). The summed E-state index contributed by atoms with van der Waals surface area (Å²) >= 11 is 3.08. The number of ether oxygens (including phenoxy) is 2. The van der Waals surface area contributed by atoms with Crippen molar-refractivity contribution < 1.29 is 19.1 Å². The fourth-order valence-corrected chi connectivity index (χ4v) is 5.03. The van der Waals surface area contributed by atoms with Crippen molar-refractivity contribution >= 4 is 34.5 Å². The number of benzene rings is 1. The summed E-state index contributed by atoms with van der Waals surface area (Å²) in [5.41, 5.74) is 1.50. The van der Waals surface area contributed by atoms with Gasteiger partial charge in [-0.2, -0.15) is 11.3 Å². The van der Waals surface area contributed by atoms with Crippen LogP contribution in [0.15, 0.2) is 46.5 Å². The van der Waals surface area contributed by atoms with Crippen LogP contribution >= 0.6 is 22.7 Å². The van der Waals surface area contributed by atoms with Gasteiger partial charge in [0.05, 0.1) is 0 Å². The number of carbonyl (C=O) groups excluding carboxylic acids is 2. The molecule has 1 saturated heterocycles. The lowest BCUT2D eigenvalue weighted by atomic mass is 10.2. The largest absolute Gasteiger partial charge is 0.485 e. The fourth-order valence-electron chi connectivity index (χ4n) is 3.53. The van der Waals surface area contributed by atoms with Gasteiger partial charge in [0.15, 0.2) is 11.5 Å². The highest BCUT2D eigenvalue weighted by atomic mass is 32.1. The zero-order valence-corrected chi connectivity index (χ0v) is 17.7. The van der Waals surface area contributed by atoms with Gasteiger partial charge in [0.2, 0.25) is 6.10 Å². The normalized spacial score (nSPS) is 18.3. The molecule has 1 fully saturated rings. The number of aromatic nitrogens is 1. The van der Waals surface area contributed by atoms with Gasteiger partial charge in [0.25, 0.3) is 11.8 Å². The van der Waals surface area contributed by atoms with Crippen LogP contribution in [-0.2, 0) is 4.79 Å². The van der Waals surface area contributed by atoms with Crippen LogP contribution in [0.25, 0.3) is 10.6 Å². The van der Waals surface area contributed by atoms with Crippen molar-refractivity contribution in [3.8, 4) is 22.1 Å². The van der Waals surface area contributed by atoms with Crippen LogP contribution in [0.2, 0.25) is 0 Å². The Labute approximate surface area is 181 Å². The number of para-hydroxylation sites is 2. The average Bonchev–Trinajstić information content (AvgIpc) is 3.50. The van der Waals surface area contributed by atoms with E-state index in [9.17, 15) is 9.59 Å². The Kier molecular flexibility index (Phi) is 5.14. The Morgan fingerprint density at radius 3 is 2.53 bits per heavy atom. The van der Waals surface area contributed by atoms with Crippen molar-refractivity contribution in [2.45, 2.75) is 6.10 Å². The highest BCUT2D eigenvalue weighted by molar-refractivity contribution is 7.14. The van der Waals surface area contributed by atoms with Crippen molar-refractivity contribution in [2.75, 3.05) is 32.8 Å². The molecule has 2 aromatic heterocycles. The maximum Gasteiger partial charge on any atom is 0.273 e. The SMILES string of the molecule is O=C(c1csc(-c2ccsc2)n1)N1CCN(C(=O)[C@@H]2COc3ccccc3O2)CC1. The standard InChI is InChI=1S/C21H19N3O4S2/c25-20(15-13-30-19(22-15)14-5-10-29-12-14)23-6-8-24(9-7-23)21(26)18-11-27-16-3-1-2-4-17(16)28-18/h1-5,10,12-13,18H,6-9,11H2/t18-/m0/s1. The van der Waals surface area contributed by atoms with Crippen molar-refractivity contribution in [1.29, 1.82) is 0 Å². The van der Waals surface area contributed by atoms with Crippen LogP contribution in [0, 0.1) is 0 Å². The number of carbonyl (C=O) groups is 2. The van der Waals surface area contributed by atoms with E-state index in [-0.39, 0.29) is 18.4 Å². The van der Waals surface area contributed by atoms with Crippen LogP contribution in [0.5, 0.6) is 11.5 Å². The molecule has 2 aliphatic rings. The molecule has 2 aliphatic heterocycles. The summed E-state index contributed by atoms with van der Waals surface area (Å²) in [6.45, 7) is 2.07. The molecule has 2 amide bonds. The number of hydrogen-bond donors (Lipinski definition) is 0. The molecule has 0 spiro atoms.